The van der Waals surface area contributed by atoms with E-state index in [1.807, 2.05) is 6.07 Å². The van der Waals surface area contributed by atoms with Crippen LogP contribution in [-0.2, 0) is 19.2 Å². The van der Waals surface area contributed by atoms with Crippen molar-refractivity contribution in [2.45, 2.75) is 244 Å². The maximum Gasteiger partial charge on any atom is 0.320 e. The normalized spacial score (nSPS) is 12.4. The first kappa shape index (κ1) is 63.7. The number of carboxylic acid groups (broad SMARTS) is 1. The Hall–Kier alpha value is -4.32. The predicted octanol–water partition coefficient (Wildman–Crippen LogP) is 12.4. The highest BCUT2D eigenvalue weighted by Crippen LogP contribution is 2.13. The number of rotatable bonds is 48. The van der Waals surface area contributed by atoms with Crippen LogP contribution in [0.3, 0.4) is 0 Å². The van der Waals surface area contributed by atoms with Gasteiger partial charge in [-0.2, -0.15) is 0 Å². The van der Waals surface area contributed by atoms with Crippen molar-refractivity contribution < 1.29 is 29.1 Å². The molecule has 0 aliphatic carbocycles. The number of aliphatic imine (C=N–C) groups is 1. The second-order valence-corrected chi connectivity index (χ2v) is 19.2. The van der Waals surface area contributed by atoms with Gasteiger partial charge in [0.05, 0.1) is 6.54 Å². The Balaban J connectivity index is 2.50. The molecule has 1 rings (SSSR count). The highest BCUT2D eigenvalue weighted by Gasteiger charge is 2.20. The Kier molecular flexibility index (Phi) is 42.8. The number of nitrogens with zero attached hydrogens (tertiary/aromatic N) is 1. The average Bonchev–Trinajstić information content (AvgIpc) is 3.35. The number of carboxylic acids is 1. The van der Waals surface area contributed by atoms with Crippen molar-refractivity contribution in [3.8, 4) is 0 Å². The van der Waals surface area contributed by atoms with Crippen molar-refractivity contribution in [3.63, 3.8) is 0 Å². The number of amides is 4. The molecular formula is C58H100N6O6. The quantitative estimate of drug-likeness (QED) is 0.0212. The number of carbonyl (C=O) groups excluding carboxylic acids is 4. The van der Waals surface area contributed by atoms with E-state index in [2.05, 4.69) is 64.4 Å². The molecule has 1 aromatic carbocycles. The molecule has 0 saturated carbocycles. The molecule has 0 saturated heterocycles. The summed E-state index contributed by atoms with van der Waals surface area (Å²) in [5, 5.41) is 20.8. The first-order valence-corrected chi connectivity index (χ1v) is 28.2. The smallest absolute Gasteiger partial charge is 0.320 e. The van der Waals surface area contributed by atoms with Gasteiger partial charge in [-0.1, -0.05) is 159 Å². The van der Waals surface area contributed by atoms with Crippen LogP contribution in [0.4, 0.5) is 0 Å². The van der Waals surface area contributed by atoms with Gasteiger partial charge in [0.25, 0.3) is 5.91 Å². The lowest BCUT2D eigenvalue weighted by Gasteiger charge is -2.18. The molecule has 4 amide bonds. The number of aliphatic carboxylic acids is 1. The van der Waals surface area contributed by atoms with Crippen LogP contribution in [0.5, 0.6) is 0 Å². The van der Waals surface area contributed by atoms with E-state index in [1.165, 1.54) is 109 Å². The highest BCUT2D eigenvalue weighted by molar-refractivity contribution is 6.02. The molecule has 0 spiro atoms. The van der Waals surface area contributed by atoms with Crippen LogP contribution in [0.1, 0.15) is 248 Å². The molecule has 0 fully saturated rings. The average molecular weight is 977 g/mol. The van der Waals surface area contributed by atoms with Gasteiger partial charge >= 0.3 is 5.97 Å². The van der Waals surface area contributed by atoms with Gasteiger partial charge in [0, 0.05) is 49.8 Å². The maximum atomic E-state index is 13.4. The highest BCUT2D eigenvalue weighted by atomic mass is 16.4. The van der Waals surface area contributed by atoms with Gasteiger partial charge in [0.2, 0.25) is 17.7 Å². The fraction of sp³-hybridized carbons (Fsp3) is 0.724. The Morgan fingerprint density at radius 1 is 0.543 bits per heavy atom. The van der Waals surface area contributed by atoms with E-state index in [0.717, 1.165) is 57.8 Å². The number of nitrogens with two attached hydrogens (primary N) is 1. The molecule has 398 valence electrons. The molecule has 0 aromatic heterocycles. The summed E-state index contributed by atoms with van der Waals surface area (Å²) in [4.78, 5) is 67.4. The van der Waals surface area contributed by atoms with Crippen molar-refractivity contribution in [3.05, 3.63) is 59.7 Å². The number of nitrogens with one attached hydrogen (secondary N) is 4. The molecule has 0 radical (unpaired) electrons. The van der Waals surface area contributed by atoms with Gasteiger partial charge in [-0.15, -0.1) is 0 Å². The van der Waals surface area contributed by atoms with Crippen LogP contribution < -0.4 is 27.0 Å². The number of hydrogen-bond acceptors (Lipinski definition) is 7. The van der Waals surface area contributed by atoms with Crippen molar-refractivity contribution in [1.29, 1.82) is 0 Å². The van der Waals surface area contributed by atoms with Crippen LogP contribution in [0, 0.1) is 0 Å². The van der Waals surface area contributed by atoms with E-state index < -0.39 is 18.1 Å². The standard InChI is InChI=1S/C58H100N6O6/c1-3-5-7-9-11-13-15-17-19-21-23-25-27-29-31-43-54(65)61-45-38-36-42-53(64-55(66)44-32-30-28-26-24-22-20-18-16-14-12-10-8-6-4-2)57(68)63-48-47-60-49-50-39-33-34-40-51(50)56(67)62-46-37-35-41-52(59)58(69)70/h17-20,33-34,39-40,49,52-53H,3-16,21-32,35-38,41-48,59H2,1-2H3,(H,61,65)(H,62,67)(H,63,68)(H,64,66)(H,69,70)/b19-17+,20-18+,60-49?. The molecule has 2 atom stereocenters. The second-order valence-electron chi connectivity index (χ2n) is 19.2. The van der Waals surface area contributed by atoms with Crippen LogP contribution in [0.25, 0.3) is 0 Å². The third-order valence-corrected chi connectivity index (χ3v) is 12.7. The van der Waals surface area contributed by atoms with E-state index in [0.29, 0.717) is 75.6 Å². The summed E-state index contributed by atoms with van der Waals surface area (Å²) in [6.45, 7) is 5.98. The van der Waals surface area contributed by atoms with Gasteiger partial charge in [-0.25, -0.2) is 0 Å². The van der Waals surface area contributed by atoms with Crippen molar-refractivity contribution in [2.24, 2.45) is 10.7 Å². The molecule has 70 heavy (non-hydrogen) atoms. The molecule has 12 heteroatoms. The van der Waals surface area contributed by atoms with E-state index in [9.17, 15) is 24.0 Å². The first-order valence-electron chi connectivity index (χ1n) is 28.2. The molecule has 0 aliphatic heterocycles. The van der Waals surface area contributed by atoms with Crippen LogP contribution >= 0.6 is 0 Å². The summed E-state index contributed by atoms with van der Waals surface area (Å²) < 4.78 is 0. The Bertz CT molecular complexity index is 1580. The number of benzene rings is 1. The minimum absolute atomic E-state index is 0.0690. The van der Waals surface area contributed by atoms with Gasteiger partial charge in [-0.05, 0) is 109 Å². The lowest BCUT2D eigenvalue weighted by atomic mass is 10.1. The Morgan fingerprint density at radius 3 is 1.56 bits per heavy atom. The second kappa shape index (κ2) is 47.0. The number of hydrogen-bond donors (Lipinski definition) is 6. The monoisotopic (exact) mass is 977 g/mol. The summed E-state index contributed by atoms with van der Waals surface area (Å²) >= 11 is 0. The van der Waals surface area contributed by atoms with E-state index in [1.54, 1.807) is 24.4 Å². The van der Waals surface area contributed by atoms with Gasteiger partial charge in [-0.3, -0.25) is 29.0 Å². The minimum atomic E-state index is -1.03. The minimum Gasteiger partial charge on any atom is -0.480 e. The van der Waals surface area contributed by atoms with Gasteiger partial charge in [0.15, 0.2) is 0 Å². The molecular weight excluding hydrogens is 877 g/mol. The lowest BCUT2D eigenvalue weighted by molar-refractivity contribution is -0.138. The van der Waals surface area contributed by atoms with Crippen molar-refractivity contribution >= 4 is 35.8 Å². The van der Waals surface area contributed by atoms with Gasteiger partial charge < -0.3 is 32.1 Å². The largest absolute Gasteiger partial charge is 0.480 e. The molecule has 1 aromatic rings. The van der Waals surface area contributed by atoms with Crippen LogP contribution in [0.2, 0.25) is 0 Å². The molecule has 0 bridgehead atoms. The van der Waals surface area contributed by atoms with E-state index in [-0.39, 0.29) is 36.7 Å². The van der Waals surface area contributed by atoms with Crippen molar-refractivity contribution in [2.75, 3.05) is 26.2 Å². The number of carbonyl (C=O) groups is 5. The molecule has 0 aliphatic rings. The van der Waals surface area contributed by atoms with Crippen LogP contribution in [0.15, 0.2) is 53.6 Å². The molecule has 12 nitrogen and oxygen atoms in total. The maximum absolute atomic E-state index is 13.4. The third-order valence-electron chi connectivity index (χ3n) is 12.7. The lowest BCUT2D eigenvalue weighted by Crippen LogP contribution is -2.47. The third kappa shape index (κ3) is 38.4. The van der Waals surface area contributed by atoms with Crippen molar-refractivity contribution in [1.82, 2.24) is 21.3 Å². The molecule has 7 N–H and O–H groups in total. The first-order chi connectivity index (χ1) is 34.2. The predicted molar refractivity (Wildman–Crippen MR) is 291 cm³/mol. The summed E-state index contributed by atoms with van der Waals surface area (Å²) in [6, 6.07) is 5.52. The molecule has 2 unspecified atom stereocenters. The number of unbranched alkanes of at least 4 members (excludes halogenated alkanes) is 24. The number of allylic oxidation sites excluding steroid dienone is 4. The van der Waals surface area contributed by atoms with Gasteiger partial charge in [0.1, 0.15) is 12.1 Å². The SMILES string of the molecule is CCCCCCCC/C=C/CCCCCCCC(=O)NCCCCC(NC(=O)CCCCCCC/C=C/CCCCCCCC)C(=O)NCCN=Cc1ccccc1C(=O)NCCCCC(N)C(=O)O. The van der Waals surface area contributed by atoms with E-state index >= 15 is 0 Å². The van der Waals surface area contributed by atoms with E-state index in [4.69, 9.17) is 10.8 Å². The Morgan fingerprint density at radius 2 is 1.01 bits per heavy atom. The fourth-order valence-electron chi connectivity index (χ4n) is 8.29. The molecule has 0 heterocycles. The summed E-state index contributed by atoms with van der Waals surface area (Å²) in [7, 11) is 0. The zero-order valence-electron chi connectivity index (χ0n) is 44.2. The Labute approximate surface area is 425 Å². The topological polar surface area (TPSA) is 192 Å². The van der Waals surface area contributed by atoms with Crippen LogP contribution in [-0.4, -0.2) is 79.2 Å². The summed E-state index contributed by atoms with van der Waals surface area (Å²) in [5.74, 6) is -1.60. The summed E-state index contributed by atoms with van der Waals surface area (Å²) in [5.41, 5.74) is 6.67. The fourth-order valence-corrected chi connectivity index (χ4v) is 8.29. The summed E-state index contributed by atoms with van der Waals surface area (Å²) in [6.07, 6.45) is 46.6. The zero-order valence-corrected chi connectivity index (χ0v) is 44.2. The zero-order chi connectivity index (χ0) is 51.0.